The lowest BCUT2D eigenvalue weighted by atomic mass is 10.1. The molecule has 1 unspecified atom stereocenters. The van der Waals surface area contributed by atoms with Gasteiger partial charge in [-0.05, 0) is 38.8 Å². The van der Waals surface area contributed by atoms with Gasteiger partial charge in [-0.1, -0.05) is 18.2 Å². The first-order valence-corrected chi connectivity index (χ1v) is 9.06. The predicted octanol–water partition coefficient (Wildman–Crippen LogP) is 2.35. The third-order valence-corrected chi connectivity index (χ3v) is 5.94. The molecule has 2 N–H and O–H groups in total. The summed E-state index contributed by atoms with van der Waals surface area (Å²) in [6.45, 7) is 5.92. The molecule has 0 aliphatic rings. The van der Waals surface area contributed by atoms with Crippen LogP contribution in [-0.2, 0) is 22.8 Å². The van der Waals surface area contributed by atoms with Gasteiger partial charge in [0.2, 0.25) is 0 Å². The van der Waals surface area contributed by atoms with Crippen LogP contribution in [0.3, 0.4) is 0 Å². The number of sulfone groups is 1. The maximum absolute atomic E-state index is 12.0. The summed E-state index contributed by atoms with van der Waals surface area (Å²) in [7, 11) is -3.02. The van der Waals surface area contributed by atoms with Gasteiger partial charge >= 0.3 is 0 Å². The Morgan fingerprint density at radius 3 is 2.48 bits per heavy atom. The summed E-state index contributed by atoms with van der Waals surface area (Å²) in [5.74, 6) is 0.168. The van der Waals surface area contributed by atoms with E-state index in [1.165, 1.54) is 5.56 Å². The zero-order valence-corrected chi connectivity index (χ0v) is 13.7. The van der Waals surface area contributed by atoms with E-state index in [1.54, 1.807) is 13.8 Å². The van der Waals surface area contributed by atoms with Gasteiger partial charge in [0, 0.05) is 29.7 Å². The smallest absolute Gasteiger partial charge is 0.154 e. The summed E-state index contributed by atoms with van der Waals surface area (Å²) in [4.78, 5) is 0. The number of aryl methyl sites for hydroxylation is 1. The normalized spacial score (nSPS) is 14.0. The molecule has 2 aromatic rings. The predicted molar refractivity (Wildman–Crippen MR) is 88.2 cm³/mol. The van der Waals surface area contributed by atoms with Gasteiger partial charge in [0.15, 0.2) is 9.84 Å². The van der Waals surface area contributed by atoms with Gasteiger partial charge in [0.05, 0.1) is 11.0 Å². The summed E-state index contributed by atoms with van der Waals surface area (Å²) in [5, 5.41) is 0.833. The van der Waals surface area contributed by atoms with E-state index < -0.39 is 9.84 Å². The first-order chi connectivity index (χ1) is 9.81. The standard InChI is InChI=1S/C16H24N2O2S/c1-12(2)21(19,20)9-8-18-11-14(10-13(3)17)15-6-4-5-7-16(15)18/h4-7,11-13H,8-10,17H2,1-3H3. The topological polar surface area (TPSA) is 65.1 Å². The van der Waals surface area contributed by atoms with E-state index in [2.05, 4.69) is 6.07 Å². The first kappa shape index (κ1) is 16.0. The Kier molecular flexibility index (Phi) is 4.74. The third-order valence-electron chi connectivity index (χ3n) is 3.75. The second kappa shape index (κ2) is 6.20. The van der Waals surface area contributed by atoms with Crippen molar-refractivity contribution in [2.75, 3.05) is 5.75 Å². The molecule has 0 saturated heterocycles. The number of aromatic nitrogens is 1. The van der Waals surface area contributed by atoms with Crippen molar-refractivity contribution in [2.45, 2.75) is 45.0 Å². The number of benzene rings is 1. The molecule has 2 rings (SSSR count). The highest BCUT2D eigenvalue weighted by atomic mass is 32.2. The number of hydrogen-bond donors (Lipinski definition) is 1. The molecule has 1 aromatic heterocycles. The van der Waals surface area contributed by atoms with E-state index in [0.717, 1.165) is 17.3 Å². The molecule has 21 heavy (non-hydrogen) atoms. The van der Waals surface area contributed by atoms with Crippen LogP contribution in [0.5, 0.6) is 0 Å². The number of para-hydroxylation sites is 1. The van der Waals surface area contributed by atoms with Crippen LogP contribution in [0.1, 0.15) is 26.3 Å². The minimum atomic E-state index is -3.02. The van der Waals surface area contributed by atoms with Crippen LogP contribution in [0.15, 0.2) is 30.5 Å². The van der Waals surface area contributed by atoms with Gasteiger partial charge in [-0.3, -0.25) is 0 Å². The first-order valence-electron chi connectivity index (χ1n) is 7.35. The number of nitrogens with zero attached hydrogens (tertiary/aromatic N) is 1. The Balaban J connectivity index is 2.32. The lowest BCUT2D eigenvalue weighted by Gasteiger charge is -2.09. The minimum absolute atomic E-state index is 0.0867. The second-order valence-electron chi connectivity index (χ2n) is 5.96. The van der Waals surface area contributed by atoms with Gasteiger partial charge in [0.1, 0.15) is 0 Å². The van der Waals surface area contributed by atoms with Gasteiger partial charge < -0.3 is 10.3 Å². The highest BCUT2D eigenvalue weighted by molar-refractivity contribution is 7.91. The molecule has 0 spiro atoms. The molecule has 0 amide bonds. The lowest BCUT2D eigenvalue weighted by Crippen LogP contribution is -2.21. The average Bonchev–Trinajstić information content (AvgIpc) is 2.74. The van der Waals surface area contributed by atoms with Crippen LogP contribution >= 0.6 is 0 Å². The summed E-state index contributed by atoms with van der Waals surface area (Å²) in [6, 6.07) is 8.17. The number of hydrogen-bond acceptors (Lipinski definition) is 3. The lowest BCUT2D eigenvalue weighted by molar-refractivity contribution is 0.581. The van der Waals surface area contributed by atoms with E-state index >= 15 is 0 Å². The molecule has 0 aliphatic carbocycles. The molecule has 4 nitrogen and oxygen atoms in total. The molecule has 0 saturated carbocycles. The van der Waals surface area contributed by atoms with Crippen LogP contribution in [0.2, 0.25) is 0 Å². The quantitative estimate of drug-likeness (QED) is 0.891. The molecular formula is C16H24N2O2S. The molecule has 1 atom stereocenters. The maximum atomic E-state index is 12.0. The van der Waals surface area contributed by atoms with Gasteiger partial charge in [-0.15, -0.1) is 0 Å². The Morgan fingerprint density at radius 1 is 1.19 bits per heavy atom. The fourth-order valence-electron chi connectivity index (χ4n) is 2.48. The SMILES string of the molecule is CC(N)Cc1cn(CCS(=O)(=O)C(C)C)c2ccccc12. The average molecular weight is 308 g/mol. The minimum Gasteiger partial charge on any atom is -0.346 e. The number of fused-ring (bicyclic) bond motifs is 1. The number of rotatable bonds is 6. The molecule has 0 aliphatic heterocycles. The van der Waals surface area contributed by atoms with Crippen LogP contribution in [0.25, 0.3) is 10.9 Å². The molecule has 0 bridgehead atoms. The monoisotopic (exact) mass is 308 g/mol. The summed E-state index contributed by atoms with van der Waals surface area (Å²) in [5.41, 5.74) is 8.16. The largest absolute Gasteiger partial charge is 0.346 e. The van der Waals surface area contributed by atoms with E-state index in [-0.39, 0.29) is 17.0 Å². The highest BCUT2D eigenvalue weighted by Gasteiger charge is 2.17. The van der Waals surface area contributed by atoms with Crippen LogP contribution in [0, 0.1) is 0 Å². The van der Waals surface area contributed by atoms with Crippen molar-refractivity contribution in [1.82, 2.24) is 4.57 Å². The zero-order valence-electron chi connectivity index (χ0n) is 12.9. The van der Waals surface area contributed by atoms with Gasteiger partial charge in [-0.2, -0.15) is 0 Å². The Hall–Kier alpha value is -1.33. The third kappa shape index (κ3) is 3.66. The fourth-order valence-corrected chi connectivity index (χ4v) is 3.40. The number of nitrogens with two attached hydrogens (primary N) is 1. The second-order valence-corrected chi connectivity index (χ2v) is 8.64. The molecule has 116 valence electrons. The summed E-state index contributed by atoms with van der Waals surface area (Å²) >= 11 is 0. The van der Waals surface area contributed by atoms with E-state index in [0.29, 0.717) is 6.54 Å². The Labute approximate surface area is 126 Å². The summed E-state index contributed by atoms with van der Waals surface area (Å²) in [6.07, 6.45) is 2.84. The molecule has 0 radical (unpaired) electrons. The van der Waals surface area contributed by atoms with E-state index in [1.807, 2.05) is 35.9 Å². The van der Waals surface area contributed by atoms with Crippen molar-refractivity contribution < 1.29 is 8.42 Å². The zero-order chi connectivity index (χ0) is 15.6. The van der Waals surface area contributed by atoms with Crippen molar-refractivity contribution in [3.05, 3.63) is 36.0 Å². The highest BCUT2D eigenvalue weighted by Crippen LogP contribution is 2.22. The molecule has 5 heteroatoms. The van der Waals surface area contributed by atoms with Crippen LogP contribution < -0.4 is 5.73 Å². The van der Waals surface area contributed by atoms with Crippen molar-refractivity contribution in [2.24, 2.45) is 5.73 Å². The molecule has 0 fully saturated rings. The Bertz CT molecular complexity index is 715. The van der Waals surface area contributed by atoms with Gasteiger partial charge in [-0.25, -0.2) is 8.42 Å². The summed E-state index contributed by atoms with van der Waals surface area (Å²) < 4.78 is 26.0. The van der Waals surface area contributed by atoms with Crippen molar-refractivity contribution in [1.29, 1.82) is 0 Å². The van der Waals surface area contributed by atoms with Crippen molar-refractivity contribution in [3.63, 3.8) is 0 Å². The molecular weight excluding hydrogens is 284 g/mol. The van der Waals surface area contributed by atoms with E-state index in [9.17, 15) is 8.42 Å². The van der Waals surface area contributed by atoms with Crippen molar-refractivity contribution in [3.8, 4) is 0 Å². The molecule has 1 aromatic carbocycles. The van der Waals surface area contributed by atoms with Crippen molar-refractivity contribution >= 4 is 20.7 Å². The van der Waals surface area contributed by atoms with Gasteiger partial charge in [0.25, 0.3) is 0 Å². The van der Waals surface area contributed by atoms with Crippen LogP contribution in [-0.4, -0.2) is 30.0 Å². The van der Waals surface area contributed by atoms with Crippen LogP contribution in [0.4, 0.5) is 0 Å². The van der Waals surface area contributed by atoms with E-state index in [4.69, 9.17) is 5.73 Å². The fraction of sp³-hybridized carbons (Fsp3) is 0.500. The Morgan fingerprint density at radius 2 is 1.86 bits per heavy atom. The molecule has 1 heterocycles. The maximum Gasteiger partial charge on any atom is 0.154 e.